The van der Waals surface area contributed by atoms with Crippen LogP contribution in [0.4, 0.5) is 14.5 Å². The molecule has 1 atom stereocenters. The number of rotatable bonds is 5. The molecule has 162 valence electrons. The largest absolute Gasteiger partial charge is 0.507 e. The van der Waals surface area contributed by atoms with Crippen molar-refractivity contribution in [1.82, 2.24) is 0 Å². The van der Waals surface area contributed by atoms with Crippen LogP contribution in [0.25, 0.3) is 5.76 Å². The molecule has 0 aromatic heterocycles. The zero-order chi connectivity index (χ0) is 22.8. The minimum absolute atomic E-state index is 0.00182. The molecule has 1 saturated heterocycles. The van der Waals surface area contributed by atoms with E-state index < -0.39 is 29.4 Å². The van der Waals surface area contributed by atoms with Crippen LogP contribution in [0.5, 0.6) is 5.75 Å². The Morgan fingerprint density at radius 2 is 1.72 bits per heavy atom. The summed E-state index contributed by atoms with van der Waals surface area (Å²) in [6, 6.07) is 17.0. The number of anilines is 1. The molecule has 1 heterocycles. The molecule has 0 spiro atoms. The highest BCUT2D eigenvalue weighted by Crippen LogP contribution is 2.42. The van der Waals surface area contributed by atoms with Gasteiger partial charge < -0.3 is 9.84 Å². The predicted molar refractivity (Wildman–Crippen MR) is 115 cm³/mol. The van der Waals surface area contributed by atoms with Crippen molar-refractivity contribution in [3.05, 3.63) is 101 Å². The van der Waals surface area contributed by atoms with E-state index in [9.17, 15) is 23.5 Å². The Hall–Kier alpha value is -4.00. The normalized spacial score (nSPS) is 17.6. The van der Waals surface area contributed by atoms with E-state index in [0.29, 0.717) is 23.5 Å². The van der Waals surface area contributed by atoms with E-state index in [1.807, 2.05) is 6.92 Å². The van der Waals surface area contributed by atoms with E-state index in [2.05, 4.69) is 0 Å². The first-order valence-electron chi connectivity index (χ1n) is 9.96. The third kappa shape index (κ3) is 3.73. The molecule has 32 heavy (non-hydrogen) atoms. The zero-order valence-corrected chi connectivity index (χ0v) is 17.1. The van der Waals surface area contributed by atoms with Crippen molar-refractivity contribution in [3.63, 3.8) is 0 Å². The van der Waals surface area contributed by atoms with Gasteiger partial charge in [-0.25, -0.2) is 8.78 Å². The van der Waals surface area contributed by atoms with Gasteiger partial charge in [-0.3, -0.25) is 14.5 Å². The Balaban J connectivity index is 1.92. The van der Waals surface area contributed by atoms with E-state index in [0.717, 1.165) is 17.0 Å². The number of Topliss-reactive ketones (excluding diaryl/α,β-unsaturated/α-hetero) is 1. The van der Waals surface area contributed by atoms with Gasteiger partial charge in [-0.2, -0.15) is 0 Å². The standard InChI is InChI=1S/C25H19F2NO4/c1-2-32-18-10-6-9-16(13-18)23(29)21-22(15-7-4-3-5-8-15)28(25(31)24(21)30)17-11-12-19(26)20(27)14-17/h3-14,22,29H,2H2,1H3/b23-21+. The summed E-state index contributed by atoms with van der Waals surface area (Å²) in [6.45, 7) is 2.23. The number of hydrogen-bond acceptors (Lipinski definition) is 4. The van der Waals surface area contributed by atoms with Gasteiger partial charge in [-0.15, -0.1) is 0 Å². The van der Waals surface area contributed by atoms with Crippen molar-refractivity contribution in [2.75, 3.05) is 11.5 Å². The van der Waals surface area contributed by atoms with Gasteiger partial charge in [0.05, 0.1) is 18.2 Å². The van der Waals surface area contributed by atoms with Crippen LogP contribution in [0.15, 0.2) is 78.4 Å². The minimum atomic E-state index is -1.15. The van der Waals surface area contributed by atoms with Crippen LogP contribution in [0, 0.1) is 11.6 Å². The molecule has 4 rings (SSSR count). The molecule has 1 N–H and O–H groups in total. The monoisotopic (exact) mass is 435 g/mol. The van der Waals surface area contributed by atoms with Gasteiger partial charge in [0.2, 0.25) is 0 Å². The first-order chi connectivity index (χ1) is 15.4. The lowest BCUT2D eigenvalue weighted by atomic mass is 9.95. The number of amides is 1. The molecule has 0 aliphatic carbocycles. The lowest BCUT2D eigenvalue weighted by molar-refractivity contribution is -0.132. The summed E-state index contributed by atoms with van der Waals surface area (Å²) in [5.74, 6) is -4.00. The molecule has 1 fully saturated rings. The first kappa shape index (κ1) is 21.2. The van der Waals surface area contributed by atoms with Crippen LogP contribution >= 0.6 is 0 Å². The van der Waals surface area contributed by atoms with E-state index in [1.54, 1.807) is 54.6 Å². The van der Waals surface area contributed by atoms with Crippen molar-refractivity contribution in [2.45, 2.75) is 13.0 Å². The molecule has 1 aliphatic rings. The van der Waals surface area contributed by atoms with E-state index >= 15 is 0 Å². The van der Waals surface area contributed by atoms with Crippen molar-refractivity contribution in [1.29, 1.82) is 0 Å². The highest BCUT2D eigenvalue weighted by atomic mass is 19.2. The molecule has 1 aliphatic heterocycles. The Morgan fingerprint density at radius 1 is 0.969 bits per heavy atom. The Morgan fingerprint density at radius 3 is 2.41 bits per heavy atom. The Labute approximate surface area is 183 Å². The molecule has 3 aromatic carbocycles. The maximum Gasteiger partial charge on any atom is 0.300 e. The lowest BCUT2D eigenvalue weighted by Gasteiger charge is -2.25. The molecule has 1 amide bonds. The number of carbonyl (C=O) groups is 2. The molecule has 0 bridgehead atoms. The van der Waals surface area contributed by atoms with Gasteiger partial charge in [-0.1, -0.05) is 42.5 Å². The molecular weight excluding hydrogens is 416 g/mol. The molecule has 0 saturated carbocycles. The maximum atomic E-state index is 14.0. The van der Waals surface area contributed by atoms with Crippen LogP contribution in [-0.2, 0) is 9.59 Å². The third-order valence-electron chi connectivity index (χ3n) is 5.16. The van der Waals surface area contributed by atoms with Crippen LogP contribution in [0.3, 0.4) is 0 Å². The number of benzene rings is 3. The summed E-state index contributed by atoms with van der Waals surface area (Å²) in [6.07, 6.45) is 0. The van der Waals surface area contributed by atoms with Gasteiger partial charge in [0, 0.05) is 17.3 Å². The second-order valence-corrected chi connectivity index (χ2v) is 7.14. The van der Waals surface area contributed by atoms with Crippen molar-refractivity contribution >= 4 is 23.1 Å². The van der Waals surface area contributed by atoms with Crippen LogP contribution < -0.4 is 9.64 Å². The van der Waals surface area contributed by atoms with E-state index in [1.165, 1.54) is 6.07 Å². The SMILES string of the molecule is CCOc1cccc(/C(O)=C2\C(=O)C(=O)N(c3ccc(F)c(F)c3)C2c2ccccc2)c1. The average molecular weight is 435 g/mol. The second-order valence-electron chi connectivity index (χ2n) is 7.14. The number of hydrogen-bond donors (Lipinski definition) is 1. The highest BCUT2D eigenvalue weighted by molar-refractivity contribution is 6.51. The molecule has 3 aromatic rings. The molecule has 1 unspecified atom stereocenters. The number of carbonyl (C=O) groups excluding carboxylic acids is 2. The Kier molecular flexibility index (Phi) is 5.73. The number of aliphatic hydroxyl groups excluding tert-OH is 1. The summed E-state index contributed by atoms with van der Waals surface area (Å²) in [5.41, 5.74) is 0.667. The van der Waals surface area contributed by atoms with Gasteiger partial charge in [0.1, 0.15) is 11.5 Å². The topological polar surface area (TPSA) is 66.8 Å². The predicted octanol–water partition coefficient (Wildman–Crippen LogP) is 4.99. The first-order valence-corrected chi connectivity index (χ1v) is 9.96. The number of halogens is 2. The summed E-state index contributed by atoms with van der Waals surface area (Å²) in [7, 11) is 0. The molecule has 7 heteroatoms. The van der Waals surface area contributed by atoms with E-state index in [-0.39, 0.29) is 17.0 Å². The fraction of sp³-hybridized carbons (Fsp3) is 0.120. The van der Waals surface area contributed by atoms with E-state index in [4.69, 9.17) is 4.74 Å². The summed E-state index contributed by atoms with van der Waals surface area (Å²) in [4.78, 5) is 27.1. The molecule has 0 radical (unpaired) electrons. The van der Waals surface area contributed by atoms with Crippen molar-refractivity contribution in [2.24, 2.45) is 0 Å². The zero-order valence-electron chi connectivity index (χ0n) is 17.1. The number of nitrogens with zero attached hydrogens (tertiary/aromatic N) is 1. The maximum absolute atomic E-state index is 14.0. The number of aliphatic hydroxyl groups is 1. The van der Waals surface area contributed by atoms with Gasteiger partial charge in [-0.05, 0) is 36.8 Å². The van der Waals surface area contributed by atoms with Crippen molar-refractivity contribution < 1.29 is 28.2 Å². The number of ether oxygens (including phenoxy) is 1. The highest BCUT2D eigenvalue weighted by Gasteiger charge is 2.47. The smallest absolute Gasteiger partial charge is 0.300 e. The minimum Gasteiger partial charge on any atom is -0.507 e. The number of ketones is 1. The summed E-state index contributed by atoms with van der Waals surface area (Å²) in [5, 5.41) is 11.1. The quantitative estimate of drug-likeness (QED) is 0.348. The van der Waals surface area contributed by atoms with Crippen LogP contribution in [0.1, 0.15) is 24.1 Å². The molecular formula is C25H19F2NO4. The third-order valence-corrected chi connectivity index (χ3v) is 5.16. The average Bonchev–Trinajstić information content (AvgIpc) is 3.07. The fourth-order valence-corrected chi connectivity index (χ4v) is 3.74. The fourth-order valence-electron chi connectivity index (χ4n) is 3.74. The van der Waals surface area contributed by atoms with Gasteiger partial charge in [0.15, 0.2) is 11.6 Å². The van der Waals surface area contributed by atoms with Crippen LogP contribution in [0.2, 0.25) is 0 Å². The summed E-state index contributed by atoms with van der Waals surface area (Å²) < 4.78 is 32.9. The Bertz CT molecular complexity index is 1220. The summed E-state index contributed by atoms with van der Waals surface area (Å²) >= 11 is 0. The second kappa shape index (κ2) is 8.63. The lowest BCUT2D eigenvalue weighted by Crippen LogP contribution is -2.29. The van der Waals surface area contributed by atoms with Gasteiger partial charge in [0.25, 0.3) is 11.7 Å². The van der Waals surface area contributed by atoms with Crippen LogP contribution in [-0.4, -0.2) is 23.4 Å². The van der Waals surface area contributed by atoms with Gasteiger partial charge >= 0.3 is 0 Å². The van der Waals surface area contributed by atoms with Crippen molar-refractivity contribution in [3.8, 4) is 5.75 Å². The molecule has 5 nitrogen and oxygen atoms in total.